The molecule has 0 heterocycles. The second-order valence-corrected chi connectivity index (χ2v) is 38.2. The van der Waals surface area contributed by atoms with Crippen molar-refractivity contribution in [3.63, 3.8) is 0 Å². The molecule has 0 radical (unpaired) electrons. The lowest BCUT2D eigenvalue weighted by molar-refractivity contribution is 0.111. The van der Waals surface area contributed by atoms with Gasteiger partial charge in [0.25, 0.3) is 0 Å². The van der Waals surface area contributed by atoms with E-state index in [2.05, 4.69) is 84.0 Å². The Labute approximate surface area is 823 Å². The average Bonchev–Trinajstić information content (AvgIpc) is 0.830. The first-order valence-electron chi connectivity index (χ1n) is 47.9. The summed E-state index contributed by atoms with van der Waals surface area (Å²) in [6, 6.07) is 41.9. The van der Waals surface area contributed by atoms with Crippen molar-refractivity contribution in [3.8, 4) is 86.2 Å². The molecule has 29 heteroatoms. The van der Waals surface area contributed by atoms with Crippen molar-refractivity contribution in [2.45, 2.75) is 218 Å². The summed E-state index contributed by atoms with van der Waals surface area (Å²) in [5, 5.41) is 0. The van der Waals surface area contributed by atoms with Crippen LogP contribution in [0.25, 0.3) is 36.5 Å². The monoisotopic (exact) mass is 1980 g/mol. The zero-order valence-electron chi connectivity index (χ0n) is 86.7. The molecule has 0 aromatic heterocycles. The number of carbonyl (C=O) groups is 2. The molecule has 0 fully saturated rings. The van der Waals surface area contributed by atoms with Crippen molar-refractivity contribution >= 4 is 71.8 Å². The maximum Gasteiger partial charge on any atom is 0.335 e. The fourth-order valence-electron chi connectivity index (χ4n) is 13.6. The lowest BCUT2D eigenvalue weighted by atomic mass is 10.0. The van der Waals surface area contributed by atoms with Gasteiger partial charge < -0.3 is 98.2 Å². The van der Waals surface area contributed by atoms with Gasteiger partial charge in [-0.05, 0) is 217 Å². The molecule has 5 unspecified atom stereocenters. The first kappa shape index (κ1) is 120. The van der Waals surface area contributed by atoms with E-state index in [1.165, 1.54) is 39.9 Å². The standard InChI is InChI=1S/C38H50O6.C25H35O6P.C17H26O4.C16H28O6P2.C13H18O4/c1-9-12-13-28(11-3)26-43-37-33(39-5)22-31(23-34(37)40-6)20-18-29-14-16-30(17-15-29)19-21-32-24-35(41-7)38(36(25-32)42-8)44-27(4)10-2;1-7-19(4)31-25-23(27-5)16-22(17-24(25)28-6)15-12-20-10-13-21(14-11-20)18-32(26,29-8-2)30-9-3;1-5-7-8-13(6-2)12-21-17-15(19-3)9-14(11-18)10-16(17)20-4;1-5-19-23(17,20-6-2)13-15-9-11-16(12-10-15)14-24(18,21-7-3)22-8-4;1-5-9(2)17-13-11(15-3)6-10(8-14)7-12(13)16-4/h14-25,27-28H,9-13,26H2,1-8H3;10-17,19H,7-9,18H2,1-6H3;9-11,13H,5-8,12H2,1-4H3;9-12H,5-8,13-14H2,1-4H3;6-9H,5H2,1-4H3/b20-18+,21-19+;15-12+;;;. The van der Waals surface area contributed by atoms with Gasteiger partial charge in [0.05, 0.1) is 161 Å². The Hall–Kier alpha value is -10.2. The summed E-state index contributed by atoms with van der Waals surface area (Å²) in [6.45, 7) is 35.1. The van der Waals surface area contributed by atoms with E-state index in [1.807, 2.05) is 145 Å². The van der Waals surface area contributed by atoms with Gasteiger partial charge in [0.2, 0.25) is 28.7 Å². The van der Waals surface area contributed by atoms with Crippen molar-refractivity contribution < 1.29 is 121 Å². The third-order valence-corrected chi connectivity index (χ3v) is 28.0. The van der Waals surface area contributed by atoms with E-state index in [4.69, 9.17) is 98.2 Å². The van der Waals surface area contributed by atoms with Crippen LogP contribution in [-0.2, 0) is 59.3 Å². The highest BCUT2D eigenvalue weighted by Gasteiger charge is 2.29. The van der Waals surface area contributed by atoms with Crippen molar-refractivity contribution in [2.24, 2.45) is 11.8 Å². The molecule has 0 N–H and O–H groups in total. The molecule has 764 valence electrons. The second-order valence-electron chi connectivity index (χ2n) is 32.0. The molecule has 138 heavy (non-hydrogen) atoms. The largest absolute Gasteiger partial charge is 0.493 e. The van der Waals surface area contributed by atoms with Gasteiger partial charge in [-0.1, -0.05) is 196 Å². The summed E-state index contributed by atoms with van der Waals surface area (Å²) in [4.78, 5) is 21.7. The van der Waals surface area contributed by atoms with E-state index in [9.17, 15) is 23.3 Å². The summed E-state index contributed by atoms with van der Waals surface area (Å²) in [5.74, 6) is 10.00. The Kier molecular flexibility index (Phi) is 57.8. The van der Waals surface area contributed by atoms with E-state index in [-0.39, 0.29) is 36.8 Å². The Morgan fingerprint density at radius 2 is 0.457 bits per heavy atom. The maximum atomic E-state index is 12.7. The molecule has 8 aromatic carbocycles. The Bertz CT molecular complexity index is 4870. The van der Waals surface area contributed by atoms with E-state index in [1.54, 1.807) is 109 Å². The van der Waals surface area contributed by atoms with Gasteiger partial charge in [-0.15, -0.1) is 0 Å². The molecule has 0 bridgehead atoms. The fraction of sp³-hybridized carbons (Fsp3) is 0.486. The molecular formula is C109H157O26P3. The minimum Gasteiger partial charge on any atom is -0.493 e. The quantitative estimate of drug-likeness (QED) is 0.0194. The van der Waals surface area contributed by atoms with Gasteiger partial charge in [-0.3, -0.25) is 23.3 Å². The predicted octanol–water partition coefficient (Wildman–Crippen LogP) is 28.7. The van der Waals surface area contributed by atoms with Crippen molar-refractivity contribution in [3.05, 3.63) is 195 Å². The third-order valence-electron chi connectivity index (χ3n) is 21.8. The van der Waals surface area contributed by atoms with Crippen LogP contribution in [-0.4, -0.2) is 155 Å². The van der Waals surface area contributed by atoms with Crippen molar-refractivity contribution in [1.29, 1.82) is 0 Å². The number of hydrogen-bond acceptors (Lipinski definition) is 26. The van der Waals surface area contributed by atoms with Gasteiger partial charge in [-0.2, -0.15) is 0 Å². The normalized spacial score (nSPS) is 12.4. The van der Waals surface area contributed by atoms with Crippen LogP contribution in [0.4, 0.5) is 0 Å². The van der Waals surface area contributed by atoms with Crippen LogP contribution in [0.3, 0.4) is 0 Å². The predicted molar refractivity (Wildman–Crippen MR) is 557 cm³/mol. The molecule has 8 aromatic rings. The van der Waals surface area contributed by atoms with Crippen molar-refractivity contribution in [1.82, 2.24) is 0 Å². The average molecular weight is 1980 g/mol. The summed E-state index contributed by atoms with van der Waals surface area (Å²) in [6.07, 6.45) is 26.5. The van der Waals surface area contributed by atoms with Crippen LogP contribution in [0.1, 0.15) is 252 Å². The van der Waals surface area contributed by atoms with Crippen LogP contribution in [0.15, 0.2) is 133 Å². The first-order chi connectivity index (χ1) is 66.5. The van der Waals surface area contributed by atoms with Gasteiger partial charge in [0, 0.05) is 11.1 Å². The van der Waals surface area contributed by atoms with Gasteiger partial charge in [0.1, 0.15) is 12.6 Å². The maximum absolute atomic E-state index is 12.7. The van der Waals surface area contributed by atoms with Crippen LogP contribution >= 0.6 is 22.8 Å². The van der Waals surface area contributed by atoms with E-state index >= 15 is 0 Å². The Morgan fingerprint density at radius 3 is 0.645 bits per heavy atom. The molecule has 0 aliphatic carbocycles. The highest BCUT2D eigenvalue weighted by atomic mass is 31.2. The number of ether oxygens (including phenoxy) is 15. The zero-order chi connectivity index (χ0) is 102. The smallest absolute Gasteiger partial charge is 0.335 e. The molecule has 26 nitrogen and oxygen atoms in total. The van der Waals surface area contributed by atoms with Crippen LogP contribution in [0.5, 0.6) is 86.2 Å². The molecular weight excluding hydrogens is 1820 g/mol. The van der Waals surface area contributed by atoms with E-state index < -0.39 is 22.8 Å². The van der Waals surface area contributed by atoms with Crippen LogP contribution in [0, 0.1) is 11.8 Å². The Morgan fingerprint density at radius 1 is 0.261 bits per heavy atom. The second kappa shape index (κ2) is 66.4. The van der Waals surface area contributed by atoms with Crippen molar-refractivity contribution in [2.75, 3.05) is 124 Å². The van der Waals surface area contributed by atoms with Gasteiger partial charge in [-0.25, -0.2) is 0 Å². The lowest BCUT2D eigenvalue weighted by Gasteiger charge is -2.19. The molecule has 0 saturated heterocycles. The van der Waals surface area contributed by atoms with Gasteiger partial charge >= 0.3 is 22.8 Å². The highest BCUT2D eigenvalue weighted by molar-refractivity contribution is 7.53. The van der Waals surface area contributed by atoms with E-state index in [0.29, 0.717) is 162 Å². The molecule has 0 spiro atoms. The van der Waals surface area contributed by atoms with Crippen LogP contribution < -0.4 is 71.1 Å². The number of unbranched alkanes of at least 4 members (excludes halogenated alkanes) is 2. The summed E-state index contributed by atoms with van der Waals surface area (Å²) < 4.78 is 154. The summed E-state index contributed by atoms with van der Waals surface area (Å²) >= 11 is 0. The van der Waals surface area contributed by atoms with Gasteiger partial charge in [0.15, 0.2) is 57.5 Å². The minimum atomic E-state index is -3.12. The number of benzene rings is 8. The zero-order valence-corrected chi connectivity index (χ0v) is 89.4. The number of carbonyl (C=O) groups excluding carboxylic acids is 2. The number of methoxy groups -OCH3 is 10. The number of aldehydes is 2. The van der Waals surface area contributed by atoms with Crippen LogP contribution in [0.2, 0.25) is 0 Å². The first-order valence-corrected chi connectivity index (χ1v) is 53.1. The Balaban J connectivity index is 0.000000375. The summed E-state index contributed by atoms with van der Waals surface area (Å²) in [5.41, 5.74) is 9.61. The van der Waals surface area contributed by atoms with E-state index in [0.717, 1.165) is 108 Å². The molecule has 0 aliphatic rings. The molecule has 0 saturated carbocycles. The summed E-state index contributed by atoms with van der Waals surface area (Å²) in [7, 11) is 6.68. The highest BCUT2D eigenvalue weighted by Crippen LogP contribution is 2.55. The molecule has 0 amide bonds. The topological polar surface area (TPSA) is 279 Å². The third kappa shape index (κ3) is 41.3. The lowest BCUT2D eigenvalue weighted by Crippen LogP contribution is -2.12. The molecule has 0 aliphatic heterocycles. The number of hydrogen-bond donors (Lipinski definition) is 0. The SMILES string of the molecule is CCC(C)Oc1c(OC)cc(C=O)cc1OC.CCCCC(CC)COc1c(OC)cc(/C=C/c2ccc(/C=C/c3cc(OC)c(OC(C)CC)c(OC)c3)cc2)cc1OC.CCCCC(CC)COc1c(OC)cc(C=O)cc1OC.CCOP(=O)(Cc1ccc(/C=C/c2cc(OC)c(OC(C)CC)c(OC)c2)cc1)OCC.CCOP(=O)(Cc1ccc(CP(=O)(OCC)OCC)cc1)OCC. The minimum absolute atomic E-state index is 0.0541. The fourth-order valence-corrected chi connectivity index (χ4v) is 18.7. The number of rotatable bonds is 59. The molecule has 8 rings (SSSR count). The molecule has 5 atom stereocenters.